The van der Waals surface area contributed by atoms with Crippen LogP contribution in [0.3, 0.4) is 0 Å². The largest absolute Gasteiger partial charge is 0.314 e. The van der Waals surface area contributed by atoms with Crippen LogP contribution in [0, 0.1) is 11.3 Å². The van der Waals surface area contributed by atoms with Crippen LogP contribution in [-0.2, 0) is 6.42 Å². The molecule has 1 aromatic carbocycles. The molecule has 0 amide bonds. The summed E-state index contributed by atoms with van der Waals surface area (Å²) < 4.78 is 0. The molecular formula is C15H23N. The maximum Gasteiger partial charge on any atom is 0.0141 e. The molecule has 88 valence electrons. The second-order valence-corrected chi connectivity index (χ2v) is 5.65. The molecule has 1 aliphatic rings. The molecule has 0 radical (unpaired) electrons. The zero-order valence-electron chi connectivity index (χ0n) is 10.7. The van der Waals surface area contributed by atoms with E-state index >= 15 is 0 Å². The Morgan fingerprint density at radius 3 is 2.44 bits per heavy atom. The van der Waals surface area contributed by atoms with Gasteiger partial charge in [-0.1, -0.05) is 51.1 Å². The molecule has 0 saturated heterocycles. The number of hydrogen-bond donors (Lipinski definition) is 1. The second-order valence-electron chi connectivity index (χ2n) is 5.65. The van der Waals surface area contributed by atoms with Gasteiger partial charge >= 0.3 is 0 Å². The summed E-state index contributed by atoms with van der Waals surface area (Å²) in [6, 6.07) is 11.5. The first kappa shape index (κ1) is 11.7. The van der Waals surface area contributed by atoms with E-state index in [0.29, 0.717) is 11.5 Å². The summed E-state index contributed by atoms with van der Waals surface area (Å²) in [5.41, 5.74) is 2.01. The molecule has 16 heavy (non-hydrogen) atoms. The summed E-state index contributed by atoms with van der Waals surface area (Å²) in [6.45, 7) is 8.04. The zero-order valence-corrected chi connectivity index (χ0v) is 10.7. The van der Waals surface area contributed by atoms with Crippen molar-refractivity contribution >= 4 is 0 Å². The molecule has 1 N–H and O–H groups in total. The number of rotatable bonds is 5. The van der Waals surface area contributed by atoms with Crippen molar-refractivity contribution in [1.29, 1.82) is 0 Å². The molecule has 1 aromatic rings. The van der Waals surface area contributed by atoms with Crippen LogP contribution in [0.15, 0.2) is 30.3 Å². The number of hydrogen-bond acceptors (Lipinski definition) is 1. The lowest BCUT2D eigenvalue weighted by Gasteiger charge is -2.19. The first-order valence-corrected chi connectivity index (χ1v) is 6.41. The summed E-state index contributed by atoms with van der Waals surface area (Å²) in [5, 5.41) is 3.65. The molecule has 1 aliphatic carbocycles. The lowest BCUT2D eigenvalue weighted by molar-refractivity contribution is 0.409. The van der Waals surface area contributed by atoms with Crippen molar-refractivity contribution in [1.82, 2.24) is 5.32 Å². The lowest BCUT2D eigenvalue weighted by Crippen LogP contribution is -2.34. The van der Waals surface area contributed by atoms with Crippen LogP contribution in [-0.4, -0.2) is 12.6 Å². The normalized spacial score (nSPS) is 24.1. The minimum absolute atomic E-state index is 0.557. The quantitative estimate of drug-likeness (QED) is 0.798. The van der Waals surface area contributed by atoms with Crippen molar-refractivity contribution in [2.75, 3.05) is 6.54 Å². The van der Waals surface area contributed by atoms with Gasteiger partial charge in [0.15, 0.2) is 0 Å². The number of benzene rings is 1. The SMILES string of the molecule is CCNC(Cc1ccccc1)C1CC1(C)C. The molecule has 0 aromatic heterocycles. The van der Waals surface area contributed by atoms with Gasteiger partial charge in [0.2, 0.25) is 0 Å². The first-order valence-electron chi connectivity index (χ1n) is 6.41. The van der Waals surface area contributed by atoms with E-state index in [-0.39, 0.29) is 0 Å². The minimum Gasteiger partial charge on any atom is -0.314 e. The fourth-order valence-electron chi connectivity index (χ4n) is 2.68. The van der Waals surface area contributed by atoms with Crippen LogP contribution >= 0.6 is 0 Å². The van der Waals surface area contributed by atoms with E-state index in [2.05, 4.69) is 56.4 Å². The highest BCUT2D eigenvalue weighted by molar-refractivity contribution is 5.17. The highest BCUT2D eigenvalue weighted by Crippen LogP contribution is 2.53. The highest BCUT2D eigenvalue weighted by Gasteiger charge is 2.49. The van der Waals surface area contributed by atoms with Gasteiger partial charge in [-0.2, -0.15) is 0 Å². The lowest BCUT2D eigenvalue weighted by atomic mass is 9.97. The molecular weight excluding hydrogens is 194 g/mol. The number of nitrogens with one attached hydrogen (secondary N) is 1. The van der Waals surface area contributed by atoms with Gasteiger partial charge in [-0.15, -0.1) is 0 Å². The number of likely N-dealkylation sites (N-methyl/N-ethyl adjacent to an activating group) is 1. The second kappa shape index (κ2) is 4.58. The molecule has 0 bridgehead atoms. The topological polar surface area (TPSA) is 12.0 Å². The van der Waals surface area contributed by atoms with Crippen molar-refractivity contribution in [3.05, 3.63) is 35.9 Å². The third kappa shape index (κ3) is 2.65. The van der Waals surface area contributed by atoms with E-state index in [4.69, 9.17) is 0 Å². The first-order chi connectivity index (χ1) is 7.63. The molecule has 2 atom stereocenters. The van der Waals surface area contributed by atoms with Gasteiger partial charge in [-0.05, 0) is 36.3 Å². The van der Waals surface area contributed by atoms with Crippen molar-refractivity contribution < 1.29 is 0 Å². The molecule has 1 nitrogen and oxygen atoms in total. The van der Waals surface area contributed by atoms with Gasteiger partial charge < -0.3 is 5.32 Å². The Hall–Kier alpha value is -0.820. The predicted molar refractivity (Wildman–Crippen MR) is 69.5 cm³/mol. The van der Waals surface area contributed by atoms with Gasteiger partial charge in [0, 0.05) is 6.04 Å². The van der Waals surface area contributed by atoms with Crippen LogP contribution in [0.5, 0.6) is 0 Å². The molecule has 0 spiro atoms. The Balaban J connectivity index is 1.99. The molecule has 0 aliphatic heterocycles. The van der Waals surface area contributed by atoms with Crippen LogP contribution < -0.4 is 5.32 Å². The van der Waals surface area contributed by atoms with E-state index in [1.165, 1.54) is 18.4 Å². The van der Waals surface area contributed by atoms with Crippen molar-refractivity contribution in [2.45, 2.75) is 39.7 Å². The van der Waals surface area contributed by atoms with Crippen LogP contribution in [0.4, 0.5) is 0 Å². The average molecular weight is 217 g/mol. The van der Waals surface area contributed by atoms with Crippen LogP contribution in [0.25, 0.3) is 0 Å². The smallest absolute Gasteiger partial charge is 0.0141 e. The van der Waals surface area contributed by atoms with E-state index < -0.39 is 0 Å². The maximum atomic E-state index is 3.65. The molecule has 2 unspecified atom stereocenters. The molecule has 2 rings (SSSR count). The van der Waals surface area contributed by atoms with Gasteiger partial charge in [0.1, 0.15) is 0 Å². The van der Waals surface area contributed by atoms with Crippen LogP contribution in [0.1, 0.15) is 32.8 Å². The Labute approximate surface area is 99.3 Å². The standard InChI is InChI=1S/C15H23N/c1-4-16-14(13-11-15(13,2)3)10-12-8-6-5-7-9-12/h5-9,13-14,16H,4,10-11H2,1-3H3. The Morgan fingerprint density at radius 1 is 1.31 bits per heavy atom. The zero-order chi connectivity index (χ0) is 11.6. The predicted octanol–water partition coefficient (Wildman–Crippen LogP) is 3.25. The molecule has 1 saturated carbocycles. The Bertz CT molecular complexity index is 329. The van der Waals surface area contributed by atoms with Crippen molar-refractivity contribution in [3.8, 4) is 0 Å². The average Bonchev–Trinajstić information content (AvgIpc) is 2.89. The summed E-state index contributed by atoms with van der Waals surface area (Å²) in [7, 11) is 0. The third-order valence-corrected chi connectivity index (χ3v) is 3.84. The van der Waals surface area contributed by atoms with E-state index in [0.717, 1.165) is 12.5 Å². The Kier molecular flexibility index (Phi) is 3.34. The van der Waals surface area contributed by atoms with E-state index in [1.807, 2.05) is 0 Å². The summed E-state index contributed by atoms with van der Waals surface area (Å²) in [5.74, 6) is 0.854. The maximum absolute atomic E-state index is 3.65. The monoisotopic (exact) mass is 217 g/mol. The summed E-state index contributed by atoms with van der Waals surface area (Å²) in [4.78, 5) is 0. The fraction of sp³-hybridized carbons (Fsp3) is 0.600. The van der Waals surface area contributed by atoms with Crippen molar-refractivity contribution in [3.63, 3.8) is 0 Å². The van der Waals surface area contributed by atoms with Gasteiger partial charge in [0.05, 0.1) is 0 Å². The van der Waals surface area contributed by atoms with Crippen LogP contribution in [0.2, 0.25) is 0 Å². The van der Waals surface area contributed by atoms with E-state index in [9.17, 15) is 0 Å². The summed E-state index contributed by atoms with van der Waals surface area (Å²) >= 11 is 0. The molecule has 1 fully saturated rings. The molecule has 1 heteroatoms. The third-order valence-electron chi connectivity index (χ3n) is 3.84. The van der Waals surface area contributed by atoms with Crippen molar-refractivity contribution in [2.24, 2.45) is 11.3 Å². The van der Waals surface area contributed by atoms with Gasteiger partial charge in [0.25, 0.3) is 0 Å². The van der Waals surface area contributed by atoms with E-state index in [1.54, 1.807) is 0 Å². The van der Waals surface area contributed by atoms with Gasteiger partial charge in [-0.3, -0.25) is 0 Å². The fourth-order valence-corrected chi connectivity index (χ4v) is 2.68. The Morgan fingerprint density at radius 2 is 1.94 bits per heavy atom. The summed E-state index contributed by atoms with van der Waals surface area (Å²) in [6.07, 6.45) is 2.54. The minimum atomic E-state index is 0.557. The molecule has 0 heterocycles. The van der Waals surface area contributed by atoms with Gasteiger partial charge in [-0.25, -0.2) is 0 Å². The highest BCUT2D eigenvalue weighted by atomic mass is 14.9.